The van der Waals surface area contributed by atoms with Gasteiger partial charge >= 0.3 is 0 Å². The first kappa shape index (κ1) is 9.85. The fraction of sp³-hybridized carbons (Fsp3) is 0.333. The Morgan fingerprint density at radius 3 is 2.38 bits per heavy atom. The van der Waals surface area contributed by atoms with E-state index in [-0.39, 0.29) is 0 Å². The number of phenols is 1. The lowest BCUT2D eigenvalue weighted by molar-refractivity contribution is 0.475. The Balaban J connectivity index is 2.64. The van der Waals surface area contributed by atoms with Crippen LogP contribution in [0.5, 0.6) is 5.75 Å². The van der Waals surface area contributed by atoms with Gasteiger partial charge in [0.1, 0.15) is 5.75 Å². The summed E-state index contributed by atoms with van der Waals surface area (Å²) in [5.74, 6) is 0.830. The summed E-state index contributed by atoms with van der Waals surface area (Å²) < 4.78 is 0. The molecular formula is C12H16O. The number of phenolic OH excluding ortho intramolecular Hbond substituents is 1. The van der Waals surface area contributed by atoms with E-state index in [2.05, 4.69) is 13.5 Å². The quantitative estimate of drug-likeness (QED) is 0.701. The molecule has 0 aliphatic heterocycles. The van der Waals surface area contributed by atoms with Crippen molar-refractivity contribution < 1.29 is 5.11 Å². The Bertz CT molecular complexity index is 284. The average Bonchev–Trinajstić information content (AvgIpc) is 2.08. The molecule has 70 valence electrons. The summed E-state index contributed by atoms with van der Waals surface area (Å²) in [7, 11) is 0. The van der Waals surface area contributed by atoms with Gasteiger partial charge in [0.25, 0.3) is 0 Å². The number of hydrogen-bond acceptors (Lipinski definition) is 1. The highest BCUT2D eigenvalue weighted by Crippen LogP contribution is 2.16. The molecule has 1 aromatic carbocycles. The molecule has 0 aliphatic rings. The van der Waals surface area contributed by atoms with Crippen molar-refractivity contribution in [3.8, 4) is 5.75 Å². The van der Waals surface area contributed by atoms with Gasteiger partial charge in [-0.2, -0.15) is 0 Å². The molecule has 1 atom stereocenters. The summed E-state index contributed by atoms with van der Waals surface area (Å²) in [5, 5.41) is 9.08. The molecule has 0 aromatic heterocycles. The number of allylic oxidation sites excluding steroid dienone is 1. The Labute approximate surface area is 79.7 Å². The molecule has 0 amide bonds. The first-order chi connectivity index (χ1) is 6.09. The maximum atomic E-state index is 9.08. The summed E-state index contributed by atoms with van der Waals surface area (Å²) in [4.78, 5) is 0. The fourth-order valence-corrected chi connectivity index (χ4v) is 1.16. The lowest BCUT2D eigenvalue weighted by Crippen LogP contribution is -1.99. The minimum absolute atomic E-state index is 0.326. The van der Waals surface area contributed by atoms with Crippen LogP contribution in [0.2, 0.25) is 0 Å². The average molecular weight is 176 g/mol. The second kappa shape index (κ2) is 4.13. The van der Waals surface area contributed by atoms with Gasteiger partial charge in [0.15, 0.2) is 0 Å². The number of hydrogen-bond donors (Lipinski definition) is 1. The number of benzene rings is 1. The maximum absolute atomic E-state index is 9.08. The van der Waals surface area contributed by atoms with Crippen LogP contribution in [-0.2, 0) is 6.42 Å². The van der Waals surface area contributed by atoms with Gasteiger partial charge in [0.2, 0.25) is 0 Å². The van der Waals surface area contributed by atoms with Gasteiger partial charge in [-0.3, -0.25) is 0 Å². The van der Waals surface area contributed by atoms with Crippen molar-refractivity contribution in [1.82, 2.24) is 0 Å². The van der Waals surface area contributed by atoms with Gasteiger partial charge in [0.05, 0.1) is 0 Å². The molecule has 0 heterocycles. The van der Waals surface area contributed by atoms with E-state index >= 15 is 0 Å². The highest BCUT2D eigenvalue weighted by Gasteiger charge is 2.03. The fourth-order valence-electron chi connectivity index (χ4n) is 1.16. The molecular weight excluding hydrogens is 160 g/mol. The molecule has 0 saturated heterocycles. The van der Waals surface area contributed by atoms with Crippen LogP contribution in [-0.4, -0.2) is 5.11 Å². The van der Waals surface area contributed by atoms with E-state index in [9.17, 15) is 0 Å². The summed E-state index contributed by atoms with van der Waals surface area (Å²) in [6, 6.07) is 7.35. The Hall–Kier alpha value is -1.24. The van der Waals surface area contributed by atoms with Crippen LogP contribution in [0.15, 0.2) is 36.4 Å². The maximum Gasteiger partial charge on any atom is 0.115 e. The van der Waals surface area contributed by atoms with Gasteiger partial charge in [0, 0.05) is 0 Å². The van der Waals surface area contributed by atoms with Crippen molar-refractivity contribution in [3.63, 3.8) is 0 Å². The van der Waals surface area contributed by atoms with Crippen LogP contribution >= 0.6 is 0 Å². The Kier molecular flexibility index (Phi) is 3.13. The van der Waals surface area contributed by atoms with Gasteiger partial charge in [-0.25, -0.2) is 0 Å². The van der Waals surface area contributed by atoms with Gasteiger partial charge in [-0.05, 0) is 37.0 Å². The molecule has 1 heteroatoms. The molecule has 0 aliphatic carbocycles. The van der Waals surface area contributed by atoms with Crippen LogP contribution < -0.4 is 0 Å². The van der Waals surface area contributed by atoms with Crippen molar-refractivity contribution in [2.45, 2.75) is 20.3 Å². The van der Waals surface area contributed by atoms with Gasteiger partial charge in [-0.1, -0.05) is 31.2 Å². The first-order valence-electron chi connectivity index (χ1n) is 4.53. The predicted molar refractivity (Wildman–Crippen MR) is 55.8 cm³/mol. The third kappa shape index (κ3) is 2.94. The molecule has 1 N–H and O–H groups in total. The molecule has 1 nitrogen and oxygen atoms in total. The topological polar surface area (TPSA) is 20.2 Å². The summed E-state index contributed by atoms with van der Waals surface area (Å²) in [6.45, 7) is 8.13. The van der Waals surface area contributed by atoms with Gasteiger partial charge in [-0.15, -0.1) is 0 Å². The predicted octanol–water partition coefficient (Wildman–Crippen LogP) is 3.15. The molecule has 0 bridgehead atoms. The highest BCUT2D eigenvalue weighted by atomic mass is 16.3. The molecule has 0 fully saturated rings. The van der Waals surface area contributed by atoms with Gasteiger partial charge < -0.3 is 5.11 Å². The minimum Gasteiger partial charge on any atom is -0.508 e. The molecule has 0 radical (unpaired) electrons. The molecule has 13 heavy (non-hydrogen) atoms. The molecule has 1 unspecified atom stereocenters. The van der Waals surface area contributed by atoms with E-state index < -0.39 is 0 Å². The van der Waals surface area contributed by atoms with Crippen LogP contribution in [0.4, 0.5) is 0 Å². The summed E-state index contributed by atoms with van der Waals surface area (Å²) >= 11 is 0. The van der Waals surface area contributed by atoms with E-state index in [1.807, 2.05) is 19.1 Å². The number of rotatable bonds is 3. The Morgan fingerprint density at radius 2 is 1.92 bits per heavy atom. The third-order valence-corrected chi connectivity index (χ3v) is 2.32. The lowest BCUT2D eigenvalue weighted by atomic mass is 9.96. The molecule has 0 spiro atoms. The second-order valence-corrected chi connectivity index (χ2v) is 3.62. The van der Waals surface area contributed by atoms with Crippen LogP contribution in [0.3, 0.4) is 0 Å². The standard InChI is InChI=1S/C12H16O/c1-9(2)10(3)8-11-4-6-12(13)7-5-11/h4-7,10,13H,1,8H2,2-3H3. The van der Waals surface area contributed by atoms with E-state index in [1.165, 1.54) is 11.1 Å². The summed E-state index contributed by atoms with van der Waals surface area (Å²) in [6.07, 6.45) is 0.996. The largest absolute Gasteiger partial charge is 0.508 e. The van der Waals surface area contributed by atoms with Crippen molar-refractivity contribution in [2.24, 2.45) is 5.92 Å². The smallest absolute Gasteiger partial charge is 0.115 e. The van der Waals surface area contributed by atoms with Crippen molar-refractivity contribution in [3.05, 3.63) is 42.0 Å². The SMILES string of the molecule is C=C(C)C(C)Cc1ccc(O)cc1. The summed E-state index contributed by atoms with van der Waals surface area (Å²) in [5.41, 5.74) is 2.45. The first-order valence-corrected chi connectivity index (χ1v) is 4.53. The van der Waals surface area contributed by atoms with E-state index in [0.717, 1.165) is 6.42 Å². The zero-order valence-electron chi connectivity index (χ0n) is 8.25. The zero-order valence-corrected chi connectivity index (χ0v) is 8.25. The minimum atomic E-state index is 0.326. The highest BCUT2D eigenvalue weighted by molar-refractivity contribution is 5.26. The van der Waals surface area contributed by atoms with Crippen molar-refractivity contribution >= 4 is 0 Å². The monoisotopic (exact) mass is 176 g/mol. The normalized spacial score (nSPS) is 12.5. The molecule has 1 aromatic rings. The van der Waals surface area contributed by atoms with E-state index in [0.29, 0.717) is 11.7 Å². The van der Waals surface area contributed by atoms with Crippen LogP contribution in [0.1, 0.15) is 19.4 Å². The van der Waals surface area contributed by atoms with E-state index in [4.69, 9.17) is 5.11 Å². The van der Waals surface area contributed by atoms with Crippen LogP contribution in [0, 0.1) is 5.92 Å². The third-order valence-electron chi connectivity index (χ3n) is 2.32. The van der Waals surface area contributed by atoms with Crippen molar-refractivity contribution in [2.75, 3.05) is 0 Å². The lowest BCUT2D eigenvalue weighted by Gasteiger charge is -2.10. The van der Waals surface area contributed by atoms with E-state index in [1.54, 1.807) is 12.1 Å². The Morgan fingerprint density at radius 1 is 1.38 bits per heavy atom. The second-order valence-electron chi connectivity index (χ2n) is 3.62. The number of aromatic hydroxyl groups is 1. The zero-order chi connectivity index (χ0) is 9.84. The molecule has 0 saturated carbocycles. The molecule has 1 rings (SSSR count). The van der Waals surface area contributed by atoms with Crippen molar-refractivity contribution in [1.29, 1.82) is 0 Å². The van der Waals surface area contributed by atoms with Crippen LogP contribution in [0.25, 0.3) is 0 Å².